The average molecular weight is 249 g/mol. The third-order valence-corrected chi connectivity index (χ3v) is 4.01. The van der Waals surface area contributed by atoms with Crippen molar-refractivity contribution in [1.29, 1.82) is 0 Å². The van der Waals surface area contributed by atoms with Crippen molar-refractivity contribution in [3.05, 3.63) is 17.5 Å². The molecule has 1 aliphatic heterocycles. The van der Waals surface area contributed by atoms with Gasteiger partial charge in [0.25, 0.3) is 0 Å². The molecule has 1 N–H and O–H groups in total. The number of hydrogen-bond donors (Lipinski definition) is 1. The van der Waals surface area contributed by atoms with Gasteiger partial charge in [-0.05, 0) is 45.7 Å². The van der Waals surface area contributed by atoms with Gasteiger partial charge in [-0.3, -0.25) is 9.48 Å². The highest BCUT2D eigenvalue weighted by molar-refractivity contribution is 5.90. The summed E-state index contributed by atoms with van der Waals surface area (Å²) in [5, 5.41) is 7.81. The summed E-state index contributed by atoms with van der Waals surface area (Å²) in [6.07, 6.45) is 3.45. The summed E-state index contributed by atoms with van der Waals surface area (Å²) in [7, 11) is 0. The minimum absolute atomic E-state index is 0.281. The van der Waals surface area contributed by atoms with E-state index in [4.69, 9.17) is 0 Å². The molecule has 1 aliphatic rings. The third kappa shape index (κ3) is 2.34. The Labute approximate surface area is 109 Å². The summed E-state index contributed by atoms with van der Waals surface area (Å²) in [5.41, 5.74) is 1.75. The Morgan fingerprint density at radius 1 is 1.56 bits per heavy atom. The smallest absolute Gasteiger partial charge is 0.158 e. The van der Waals surface area contributed by atoms with Crippen LogP contribution in [0.5, 0.6) is 0 Å². The van der Waals surface area contributed by atoms with Crippen LogP contribution in [-0.2, 0) is 17.8 Å². The van der Waals surface area contributed by atoms with Crippen LogP contribution in [0.2, 0.25) is 0 Å². The topological polar surface area (TPSA) is 46.9 Å². The van der Waals surface area contributed by atoms with Crippen LogP contribution in [0.3, 0.4) is 0 Å². The Bertz CT molecular complexity index is 430. The normalized spacial score (nSPS) is 23.5. The zero-order valence-electron chi connectivity index (χ0n) is 11.6. The molecule has 1 saturated heterocycles. The molecule has 0 saturated carbocycles. The van der Waals surface area contributed by atoms with Gasteiger partial charge < -0.3 is 5.32 Å². The molecule has 1 unspecified atom stereocenters. The standard InChI is InChI=1S/C14H23N3O/c1-4-14(7-6-8-15-14)13(18)10-12-9-11(3)16-17(12)5-2/h9,15H,4-8,10H2,1-3H3. The van der Waals surface area contributed by atoms with Gasteiger partial charge in [0, 0.05) is 12.2 Å². The summed E-state index contributed by atoms with van der Waals surface area (Å²) in [5.74, 6) is 0.317. The van der Waals surface area contributed by atoms with Gasteiger partial charge in [-0.2, -0.15) is 5.10 Å². The fourth-order valence-corrected chi connectivity index (χ4v) is 2.89. The van der Waals surface area contributed by atoms with Crippen LogP contribution >= 0.6 is 0 Å². The zero-order chi connectivity index (χ0) is 13.2. The highest BCUT2D eigenvalue weighted by Crippen LogP contribution is 2.25. The molecule has 0 bridgehead atoms. The number of aryl methyl sites for hydroxylation is 2. The third-order valence-electron chi connectivity index (χ3n) is 4.01. The second kappa shape index (κ2) is 5.22. The molecular formula is C14H23N3O. The first-order valence-electron chi connectivity index (χ1n) is 6.93. The number of nitrogens with one attached hydrogen (secondary N) is 1. The average Bonchev–Trinajstić information content (AvgIpc) is 2.96. The molecule has 1 atom stereocenters. The Kier molecular flexibility index (Phi) is 3.85. The first kappa shape index (κ1) is 13.3. The van der Waals surface area contributed by atoms with E-state index >= 15 is 0 Å². The van der Waals surface area contributed by atoms with Crippen molar-refractivity contribution in [1.82, 2.24) is 15.1 Å². The number of carbonyl (C=O) groups excluding carboxylic acids is 1. The van der Waals surface area contributed by atoms with E-state index in [9.17, 15) is 4.79 Å². The van der Waals surface area contributed by atoms with Gasteiger partial charge >= 0.3 is 0 Å². The van der Waals surface area contributed by atoms with E-state index in [2.05, 4.69) is 24.3 Å². The predicted molar refractivity (Wildman–Crippen MR) is 71.6 cm³/mol. The van der Waals surface area contributed by atoms with Crippen LogP contribution in [0, 0.1) is 6.92 Å². The zero-order valence-corrected chi connectivity index (χ0v) is 11.6. The van der Waals surface area contributed by atoms with Gasteiger partial charge in [0.15, 0.2) is 5.78 Å². The quantitative estimate of drug-likeness (QED) is 0.866. The molecule has 2 heterocycles. The maximum Gasteiger partial charge on any atom is 0.158 e. The van der Waals surface area contributed by atoms with Crippen LogP contribution in [0.4, 0.5) is 0 Å². The fraction of sp³-hybridized carbons (Fsp3) is 0.714. The number of rotatable bonds is 5. The van der Waals surface area contributed by atoms with Gasteiger partial charge in [-0.25, -0.2) is 0 Å². The van der Waals surface area contributed by atoms with Crippen LogP contribution in [0.15, 0.2) is 6.07 Å². The second-order valence-corrected chi connectivity index (χ2v) is 5.16. The summed E-state index contributed by atoms with van der Waals surface area (Å²) >= 11 is 0. The van der Waals surface area contributed by atoms with E-state index in [0.29, 0.717) is 12.2 Å². The Morgan fingerprint density at radius 2 is 2.33 bits per heavy atom. The van der Waals surface area contributed by atoms with Crippen molar-refractivity contribution in [3.8, 4) is 0 Å². The molecule has 2 rings (SSSR count). The number of nitrogens with zero attached hydrogens (tertiary/aromatic N) is 2. The molecule has 4 heteroatoms. The van der Waals surface area contributed by atoms with Crippen molar-refractivity contribution in [2.45, 2.75) is 58.5 Å². The van der Waals surface area contributed by atoms with Crippen LogP contribution in [-0.4, -0.2) is 27.6 Å². The summed E-state index contributed by atoms with van der Waals surface area (Å²) in [6, 6.07) is 2.03. The monoisotopic (exact) mass is 249 g/mol. The molecule has 0 amide bonds. The molecule has 0 aliphatic carbocycles. The van der Waals surface area contributed by atoms with Crippen molar-refractivity contribution < 1.29 is 4.79 Å². The largest absolute Gasteiger partial charge is 0.305 e. The number of hydrogen-bond acceptors (Lipinski definition) is 3. The molecule has 1 aromatic heterocycles. The molecular weight excluding hydrogens is 226 g/mol. The van der Waals surface area contributed by atoms with Crippen LogP contribution in [0.25, 0.3) is 0 Å². The Morgan fingerprint density at radius 3 is 2.89 bits per heavy atom. The van der Waals surface area contributed by atoms with E-state index in [1.54, 1.807) is 0 Å². The van der Waals surface area contributed by atoms with Gasteiger partial charge in [0.2, 0.25) is 0 Å². The lowest BCUT2D eigenvalue weighted by molar-refractivity contribution is -0.124. The van der Waals surface area contributed by atoms with E-state index < -0.39 is 0 Å². The van der Waals surface area contributed by atoms with Crippen molar-refractivity contribution in [2.75, 3.05) is 6.54 Å². The number of carbonyl (C=O) groups is 1. The lowest BCUT2D eigenvalue weighted by Crippen LogP contribution is -2.48. The second-order valence-electron chi connectivity index (χ2n) is 5.16. The SMILES string of the molecule is CCn1nc(C)cc1CC(=O)C1(CC)CCCN1. The van der Waals surface area contributed by atoms with E-state index in [-0.39, 0.29) is 5.54 Å². The van der Waals surface area contributed by atoms with Gasteiger partial charge in [-0.1, -0.05) is 6.92 Å². The summed E-state index contributed by atoms with van der Waals surface area (Å²) < 4.78 is 1.94. The van der Waals surface area contributed by atoms with Crippen molar-refractivity contribution in [2.24, 2.45) is 0 Å². The number of ketones is 1. The van der Waals surface area contributed by atoms with Gasteiger partial charge in [-0.15, -0.1) is 0 Å². The molecule has 0 aromatic carbocycles. The molecule has 1 aromatic rings. The summed E-state index contributed by atoms with van der Waals surface area (Å²) in [6.45, 7) is 7.92. The highest BCUT2D eigenvalue weighted by Gasteiger charge is 2.38. The molecule has 18 heavy (non-hydrogen) atoms. The predicted octanol–water partition coefficient (Wildman–Crippen LogP) is 1.86. The lowest BCUT2D eigenvalue weighted by atomic mass is 9.87. The maximum atomic E-state index is 12.5. The number of Topliss-reactive ketones (excluding diaryl/α,β-unsaturated/α-hetero) is 1. The lowest BCUT2D eigenvalue weighted by Gasteiger charge is -2.26. The van der Waals surface area contributed by atoms with E-state index in [1.165, 1.54) is 0 Å². The number of aromatic nitrogens is 2. The molecule has 100 valence electrons. The van der Waals surface area contributed by atoms with Crippen LogP contribution < -0.4 is 5.32 Å². The van der Waals surface area contributed by atoms with Crippen molar-refractivity contribution in [3.63, 3.8) is 0 Å². The summed E-state index contributed by atoms with van der Waals surface area (Å²) in [4.78, 5) is 12.5. The molecule has 4 nitrogen and oxygen atoms in total. The van der Waals surface area contributed by atoms with Gasteiger partial charge in [0.1, 0.15) is 0 Å². The Balaban J connectivity index is 2.15. The van der Waals surface area contributed by atoms with Crippen LogP contribution in [0.1, 0.15) is 44.5 Å². The Hall–Kier alpha value is -1.16. The first-order chi connectivity index (χ1) is 8.61. The minimum Gasteiger partial charge on any atom is -0.305 e. The molecule has 0 radical (unpaired) electrons. The minimum atomic E-state index is -0.281. The van der Waals surface area contributed by atoms with Crippen molar-refractivity contribution >= 4 is 5.78 Å². The van der Waals surface area contributed by atoms with E-state index in [1.807, 2.05) is 17.7 Å². The molecule has 1 fully saturated rings. The fourth-order valence-electron chi connectivity index (χ4n) is 2.89. The molecule has 0 spiro atoms. The first-order valence-corrected chi connectivity index (χ1v) is 6.93. The van der Waals surface area contributed by atoms with E-state index in [0.717, 1.165) is 43.7 Å². The highest BCUT2D eigenvalue weighted by atomic mass is 16.1. The van der Waals surface area contributed by atoms with Gasteiger partial charge in [0.05, 0.1) is 17.7 Å². The maximum absolute atomic E-state index is 12.5.